The highest BCUT2D eigenvalue weighted by Crippen LogP contribution is 2.24. The summed E-state index contributed by atoms with van der Waals surface area (Å²) < 4.78 is 2.11. The number of nitrogens with one attached hydrogen (secondary N) is 1. The number of hydrogen-bond donors (Lipinski definition) is 1. The van der Waals surface area contributed by atoms with Gasteiger partial charge in [0.1, 0.15) is 5.65 Å². The lowest BCUT2D eigenvalue weighted by Gasteiger charge is -2.20. The van der Waals surface area contributed by atoms with Crippen LogP contribution in [0.3, 0.4) is 0 Å². The number of piperidine rings is 1. The molecule has 3 heterocycles. The molecule has 0 saturated carbocycles. The number of imidazole rings is 1. The van der Waals surface area contributed by atoms with Crippen LogP contribution in [0.25, 0.3) is 5.65 Å². The van der Waals surface area contributed by atoms with E-state index in [1.807, 2.05) is 12.1 Å². The molecule has 1 fully saturated rings. The first-order valence-electron chi connectivity index (χ1n) is 5.58. The fraction of sp³-hybridized carbons (Fsp3) is 0.417. The zero-order chi connectivity index (χ0) is 10.1. The van der Waals surface area contributed by atoms with Gasteiger partial charge in [0.2, 0.25) is 0 Å². The molecule has 0 amide bonds. The van der Waals surface area contributed by atoms with E-state index in [9.17, 15) is 0 Å². The number of pyridine rings is 1. The average molecular weight is 201 g/mol. The zero-order valence-corrected chi connectivity index (χ0v) is 8.69. The zero-order valence-electron chi connectivity index (χ0n) is 8.69. The molecule has 0 radical (unpaired) electrons. The first kappa shape index (κ1) is 8.92. The number of fused-ring (bicyclic) bond motifs is 1. The van der Waals surface area contributed by atoms with Crippen LogP contribution in [-0.2, 0) is 0 Å². The second-order valence-corrected chi connectivity index (χ2v) is 4.16. The summed E-state index contributed by atoms with van der Waals surface area (Å²) in [5.41, 5.74) is 2.31. The van der Waals surface area contributed by atoms with Crippen LogP contribution in [0.2, 0.25) is 0 Å². The monoisotopic (exact) mass is 201 g/mol. The van der Waals surface area contributed by atoms with E-state index < -0.39 is 0 Å². The van der Waals surface area contributed by atoms with Crippen LogP contribution in [0.1, 0.15) is 24.5 Å². The summed E-state index contributed by atoms with van der Waals surface area (Å²) in [5.74, 6) is 0.645. The Morgan fingerprint density at radius 2 is 2.13 bits per heavy atom. The fourth-order valence-corrected chi connectivity index (χ4v) is 2.27. The molecule has 78 valence electrons. The van der Waals surface area contributed by atoms with Crippen LogP contribution in [0.15, 0.2) is 30.6 Å². The van der Waals surface area contributed by atoms with Gasteiger partial charge in [0.05, 0.1) is 5.69 Å². The molecule has 0 atom stereocenters. The van der Waals surface area contributed by atoms with Crippen LogP contribution < -0.4 is 5.32 Å². The minimum absolute atomic E-state index is 0.645. The summed E-state index contributed by atoms with van der Waals surface area (Å²) in [6.07, 6.45) is 6.66. The van der Waals surface area contributed by atoms with E-state index in [0.29, 0.717) is 5.92 Å². The maximum Gasteiger partial charge on any atom is 0.136 e. The van der Waals surface area contributed by atoms with Gasteiger partial charge in [0.25, 0.3) is 0 Å². The van der Waals surface area contributed by atoms with E-state index >= 15 is 0 Å². The van der Waals surface area contributed by atoms with Crippen molar-refractivity contribution in [2.75, 3.05) is 13.1 Å². The van der Waals surface area contributed by atoms with Crippen LogP contribution in [0, 0.1) is 0 Å². The van der Waals surface area contributed by atoms with Crippen molar-refractivity contribution in [3.05, 3.63) is 36.3 Å². The SMILES string of the molecule is c1ccn2cc(C3CCNCC3)nc2c1. The summed E-state index contributed by atoms with van der Waals surface area (Å²) in [7, 11) is 0. The molecule has 0 unspecified atom stereocenters. The second kappa shape index (κ2) is 3.66. The van der Waals surface area contributed by atoms with Crippen molar-refractivity contribution >= 4 is 5.65 Å². The molecule has 0 spiro atoms. The fourth-order valence-electron chi connectivity index (χ4n) is 2.27. The van der Waals surface area contributed by atoms with E-state index in [0.717, 1.165) is 18.7 Å². The lowest BCUT2D eigenvalue weighted by molar-refractivity contribution is 0.454. The van der Waals surface area contributed by atoms with Gasteiger partial charge in [-0.1, -0.05) is 6.07 Å². The predicted octanol–water partition coefficient (Wildman–Crippen LogP) is 1.80. The summed E-state index contributed by atoms with van der Waals surface area (Å²) in [6, 6.07) is 6.14. The van der Waals surface area contributed by atoms with Gasteiger partial charge in [-0.05, 0) is 38.1 Å². The first-order chi connectivity index (χ1) is 7.43. The minimum Gasteiger partial charge on any atom is -0.317 e. The van der Waals surface area contributed by atoms with Crippen LogP contribution >= 0.6 is 0 Å². The maximum absolute atomic E-state index is 4.67. The summed E-state index contributed by atoms with van der Waals surface area (Å²) >= 11 is 0. The van der Waals surface area contributed by atoms with Crippen LogP contribution in [-0.4, -0.2) is 22.5 Å². The Bertz CT molecular complexity index is 422. The number of nitrogens with zero attached hydrogens (tertiary/aromatic N) is 2. The normalized spacial score (nSPS) is 18.4. The second-order valence-electron chi connectivity index (χ2n) is 4.16. The molecule has 0 aliphatic carbocycles. The van der Waals surface area contributed by atoms with Gasteiger partial charge < -0.3 is 9.72 Å². The third kappa shape index (κ3) is 1.63. The quantitative estimate of drug-likeness (QED) is 0.762. The molecular formula is C12H15N3. The third-order valence-electron chi connectivity index (χ3n) is 3.14. The van der Waals surface area contributed by atoms with Crippen molar-refractivity contribution in [1.29, 1.82) is 0 Å². The highest BCUT2D eigenvalue weighted by molar-refractivity contribution is 5.40. The largest absolute Gasteiger partial charge is 0.317 e. The molecule has 1 saturated heterocycles. The Kier molecular flexibility index (Phi) is 2.18. The predicted molar refractivity (Wildman–Crippen MR) is 60.0 cm³/mol. The molecular weight excluding hydrogens is 186 g/mol. The number of hydrogen-bond acceptors (Lipinski definition) is 2. The van der Waals surface area contributed by atoms with E-state index in [1.54, 1.807) is 0 Å². The average Bonchev–Trinajstić information content (AvgIpc) is 2.74. The van der Waals surface area contributed by atoms with E-state index in [-0.39, 0.29) is 0 Å². The topological polar surface area (TPSA) is 29.3 Å². The van der Waals surface area contributed by atoms with Gasteiger partial charge in [0, 0.05) is 18.3 Å². The van der Waals surface area contributed by atoms with Gasteiger partial charge in [-0.15, -0.1) is 0 Å². The van der Waals surface area contributed by atoms with E-state index in [1.165, 1.54) is 18.5 Å². The van der Waals surface area contributed by atoms with Gasteiger partial charge in [-0.3, -0.25) is 0 Å². The standard InChI is InChI=1S/C12H15N3/c1-2-8-15-9-11(14-12(15)3-1)10-4-6-13-7-5-10/h1-3,8-10,13H,4-7H2. The Morgan fingerprint density at radius 3 is 2.93 bits per heavy atom. The molecule has 1 aliphatic heterocycles. The Morgan fingerprint density at radius 1 is 1.27 bits per heavy atom. The molecule has 3 heteroatoms. The Labute approximate surface area is 89.1 Å². The smallest absolute Gasteiger partial charge is 0.136 e. The Balaban J connectivity index is 1.96. The first-order valence-corrected chi connectivity index (χ1v) is 5.58. The number of rotatable bonds is 1. The molecule has 3 nitrogen and oxygen atoms in total. The third-order valence-corrected chi connectivity index (χ3v) is 3.14. The molecule has 1 aliphatic rings. The van der Waals surface area contributed by atoms with Gasteiger partial charge in [0.15, 0.2) is 0 Å². The summed E-state index contributed by atoms with van der Waals surface area (Å²) in [4.78, 5) is 4.67. The van der Waals surface area contributed by atoms with Crippen molar-refractivity contribution in [1.82, 2.24) is 14.7 Å². The summed E-state index contributed by atoms with van der Waals surface area (Å²) in [6.45, 7) is 2.25. The van der Waals surface area contributed by atoms with E-state index in [2.05, 4.69) is 33.2 Å². The van der Waals surface area contributed by atoms with E-state index in [4.69, 9.17) is 0 Å². The Hall–Kier alpha value is -1.35. The molecule has 3 rings (SSSR count). The maximum atomic E-state index is 4.67. The van der Waals surface area contributed by atoms with Crippen molar-refractivity contribution in [3.8, 4) is 0 Å². The van der Waals surface area contributed by atoms with Crippen molar-refractivity contribution in [2.45, 2.75) is 18.8 Å². The van der Waals surface area contributed by atoms with Crippen molar-refractivity contribution in [3.63, 3.8) is 0 Å². The van der Waals surface area contributed by atoms with Crippen molar-refractivity contribution in [2.24, 2.45) is 0 Å². The van der Waals surface area contributed by atoms with Crippen molar-refractivity contribution < 1.29 is 0 Å². The lowest BCUT2D eigenvalue weighted by atomic mass is 9.95. The molecule has 2 aromatic heterocycles. The molecule has 0 bridgehead atoms. The molecule has 0 aromatic carbocycles. The van der Waals surface area contributed by atoms with Gasteiger partial charge in [-0.25, -0.2) is 4.98 Å². The number of aromatic nitrogens is 2. The van der Waals surface area contributed by atoms with Crippen LogP contribution in [0.5, 0.6) is 0 Å². The van der Waals surface area contributed by atoms with Crippen LogP contribution in [0.4, 0.5) is 0 Å². The molecule has 1 N–H and O–H groups in total. The minimum atomic E-state index is 0.645. The van der Waals surface area contributed by atoms with Gasteiger partial charge >= 0.3 is 0 Å². The molecule has 15 heavy (non-hydrogen) atoms. The summed E-state index contributed by atoms with van der Waals surface area (Å²) in [5, 5.41) is 3.38. The highest BCUT2D eigenvalue weighted by atomic mass is 15.0. The highest BCUT2D eigenvalue weighted by Gasteiger charge is 2.17. The van der Waals surface area contributed by atoms with Gasteiger partial charge in [-0.2, -0.15) is 0 Å². The molecule has 2 aromatic rings. The lowest BCUT2D eigenvalue weighted by Crippen LogP contribution is -2.26.